The smallest absolute Gasteiger partial charge is 0.313 e. The van der Waals surface area contributed by atoms with Gasteiger partial charge in [0.15, 0.2) is 0 Å². The van der Waals surface area contributed by atoms with Gasteiger partial charge in [-0.15, -0.1) is 0 Å². The average Bonchev–Trinajstić information content (AvgIpc) is 2.75. The van der Waals surface area contributed by atoms with Crippen molar-refractivity contribution in [2.75, 3.05) is 0 Å². The van der Waals surface area contributed by atoms with E-state index in [0.29, 0.717) is 12.8 Å². The monoisotopic (exact) mass is 454 g/mol. The van der Waals surface area contributed by atoms with Gasteiger partial charge in [0.25, 0.3) is 0 Å². The van der Waals surface area contributed by atoms with Crippen LogP contribution in [-0.4, -0.2) is 23.9 Å². The minimum absolute atomic E-state index is 0.0853. The first-order valence-electron chi connectivity index (χ1n) is 13.0. The normalized spacial score (nSPS) is 10.7. The molecule has 6 heteroatoms. The zero-order valence-electron chi connectivity index (χ0n) is 20.6. The fourth-order valence-electron chi connectivity index (χ4n) is 3.45. The molecule has 0 heterocycles. The van der Waals surface area contributed by atoms with Crippen LogP contribution in [0.3, 0.4) is 0 Å². The predicted octanol–water partition coefficient (Wildman–Crippen LogP) is 6.97. The number of hydrogen-bond acceptors (Lipinski definition) is 6. The minimum atomic E-state index is -0.554. The second kappa shape index (κ2) is 22.5. The summed E-state index contributed by atoms with van der Waals surface area (Å²) in [6.07, 6.45) is 17.0. The summed E-state index contributed by atoms with van der Waals surface area (Å²) in [6, 6.07) is 0. The molecule has 0 N–H and O–H groups in total. The van der Waals surface area contributed by atoms with Gasteiger partial charge >= 0.3 is 23.9 Å². The fraction of sp³-hybridized carbons (Fsp3) is 0.846. The van der Waals surface area contributed by atoms with Gasteiger partial charge in [-0.3, -0.25) is 19.2 Å². The molecule has 0 bridgehead atoms. The first-order valence-corrected chi connectivity index (χ1v) is 13.0. The van der Waals surface area contributed by atoms with E-state index in [2.05, 4.69) is 13.8 Å². The molecule has 0 aliphatic carbocycles. The summed E-state index contributed by atoms with van der Waals surface area (Å²) in [5.74, 6) is -2.06. The van der Waals surface area contributed by atoms with Crippen molar-refractivity contribution in [3.63, 3.8) is 0 Å². The Kier molecular flexibility index (Phi) is 21.3. The van der Waals surface area contributed by atoms with E-state index >= 15 is 0 Å². The van der Waals surface area contributed by atoms with Crippen LogP contribution in [-0.2, 0) is 28.7 Å². The first-order chi connectivity index (χ1) is 15.5. The molecule has 0 spiro atoms. The van der Waals surface area contributed by atoms with E-state index in [0.717, 1.165) is 38.5 Å². The van der Waals surface area contributed by atoms with E-state index in [1.165, 1.54) is 51.4 Å². The molecule has 0 saturated carbocycles. The van der Waals surface area contributed by atoms with Gasteiger partial charge in [0.1, 0.15) is 0 Å². The van der Waals surface area contributed by atoms with Gasteiger partial charge in [0, 0.05) is 25.7 Å². The summed E-state index contributed by atoms with van der Waals surface area (Å²) in [7, 11) is 0. The number of esters is 4. The molecular weight excluding hydrogens is 408 g/mol. The molecule has 0 saturated heterocycles. The maximum absolute atomic E-state index is 11.7. The molecule has 32 heavy (non-hydrogen) atoms. The molecule has 0 fully saturated rings. The molecule has 0 atom stereocenters. The number of rotatable bonds is 21. The second-order valence-electron chi connectivity index (χ2n) is 8.64. The lowest BCUT2D eigenvalue weighted by atomic mass is 10.1. The Hall–Kier alpha value is -1.72. The average molecular weight is 455 g/mol. The largest absolute Gasteiger partial charge is 0.393 e. The SMILES string of the molecule is CCCCCCCCCC(=O)OC(=O)CCCCC(=O)OC(=O)CCCCCCCCC. The van der Waals surface area contributed by atoms with Crippen molar-refractivity contribution in [2.24, 2.45) is 0 Å². The molecule has 0 unspecified atom stereocenters. The highest BCUT2D eigenvalue weighted by atomic mass is 16.6. The molecule has 0 aromatic heterocycles. The van der Waals surface area contributed by atoms with E-state index in [-0.39, 0.29) is 25.7 Å². The third-order valence-electron chi connectivity index (χ3n) is 5.44. The Labute approximate surface area is 195 Å². The lowest BCUT2D eigenvalue weighted by molar-refractivity contribution is -0.162. The van der Waals surface area contributed by atoms with Gasteiger partial charge < -0.3 is 9.47 Å². The maximum atomic E-state index is 11.7. The maximum Gasteiger partial charge on any atom is 0.313 e. The van der Waals surface area contributed by atoms with Crippen LogP contribution in [0.1, 0.15) is 142 Å². The number of carbonyl (C=O) groups is 4. The number of hydrogen-bond donors (Lipinski definition) is 0. The Balaban J connectivity index is 3.59. The van der Waals surface area contributed by atoms with E-state index < -0.39 is 23.9 Å². The van der Waals surface area contributed by atoms with Crippen LogP contribution < -0.4 is 0 Å². The number of carbonyl (C=O) groups excluding carboxylic acids is 4. The van der Waals surface area contributed by atoms with Crippen LogP contribution in [0.15, 0.2) is 0 Å². The number of ether oxygens (including phenoxy) is 2. The molecule has 186 valence electrons. The summed E-state index contributed by atoms with van der Waals surface area (Å²) >= 11 is 0. The van der Waals surface area contributed by atoms with Gasteiger partial charge in [0.05, 0.1) is 0 Å². The summed E-state index contributed by atoms with van der Waals surface area (Å²) in [6.45, 7) is 4.36. The minimum Gasteiger partial charge on any atom is -0.393 e. The van der Waals surface area contributed by atoms with E-state index in [1.54, 1.807) is 0 Å². The van der Waals surface area contributed by atoms with E-state index in [4.69, 9.17) is 9.47 Å². The third-order valence-corrected chi connectivity index (χ3v) is 5.44. The molecule has 0 aliphatic heterocycles. The summed E-state index contributed by atoms with van der Waals surface area (Å²) < 4.78 is 9.61. The highest BCUT2D eigenvalue weighted by Crippen LogP contribution is 2.11. The molecular formula is C26H46O6. The van der Waals surface area contributed by atoms with Crippen molar-refractivity contribution < 1.29 is 28.7 Å². The zero-order valence-corrected chi connectivity index (χ0v) is 20.6. The molecule has 0 rings (SSSR count). The fourth-order valence-corrected chi connectivity index (χ4v) is 3.45. The Morgan fingerprint density at radius 1 is 0.375 bits per heavy atom. The van der Waals surface area contributed by atoms with Crippen LogP contribution >= 0.6 is 0 Å². The quantitative estimate of drug-likeness (QED) is 0.106. The molecule has 0 aromatic carbocycles. The number of unbranched alkanes of at least 4 members (excludes halogenated alkanes) is 13. The van der Waals surface area contributed by atoms with Gasteiger partial charge in [-0.25, -0.2) is 0 Å². The van der Waals surface area contributed by atoms with Crippen LogP contribution in [0, 0.1) is 0 Å². The lowest BCUT2D eigenvalue weighted by Crippen LogP contribution is -2.13. The molecule has 6 nitrogen and oxygen atoms in total. The van der Waals surface area contributed by atoms with E-state index in [1.807, 2.05) is 0 Å². The Morgan fingerprint density at radius 2 is 0.594 bits per heavy atom. The van der Waals surface area contributed by atoms with Crippen molar-refractivity contribution in [1.29, 1.82) is 0 Å². The van der Waals surface area contributed by atoms with Gasteiger partial charge in [-0.05, 0) is 25.7 Å². The second-order valence-corrected chi connectivity index (χ2v) is 8.64. The molecule has 0 amide bonds. The van der Waals surface area contributed by atoms with Gasteiger partial charge in [-0.2, -0.15) is 0 Å². The van der Waals surface area contributed by atoms with Crippen molar-refractivity contribution in [3.8, 4) is 0 Å². The Morgan fingerprint density at radius 3 is 0.875 bits per heavy atom. The molecule has 0 aromatic rings. The highest BCUT2D eigenvalue weighted by molar-refractivity contribution is 5.86. The summed E-state index contributed by atoms with van der Waals surface area (Å²) in [4.78, 5) is 46.7. The highest BCUT2D eigenvalue weighted by Gasteiger charge is 2.13. The van der Waals surface area contributed by atoms with E-state index in [9.17, 15) is 19.2 Å². The first kappa shape index (κ1) is 30.3. The van der Waals surface area contributed by atoms with Crippen molar-refractivity contribution in [2.45, 2.75) is 142 Å². The third kappa shape index (κ3) is 21.5. The lowest BCUT2D eigenvalue weighted by Gasteiger charge is -2.05. The summed E-state index contributed by atoms with van der Waals surface area (Å²) in [5, 5.41) is 0. The van der Waals surface area contributed by atoms with Crippen molar-refractivity contribution >= 4 is 23.9 Å². The molecule has 0 radical (unpaired) electrons. The standard InChI is InChI=1S/C26H46O6/c1-3-5-7-9-11-13-15-19-23(27)31-25(29)21-17-18-22-26(30)32-24(28)20-16-14-12-10-8-6-4-2/h3-22H2,1-2H3. The van der Waals surface area contributed by atoms with Crippen molar-refractivity contribution in [1.82, 2.24) is 0 Å². The van der Waals surface area contributed by atoms with Crippen LogP contribution in [0.25, 0.3) is 0 Å². The predicted molar refractivity (Wildman–Crippen MR) is 126 cm³/mol. The van der Waals surface area contributed by atoms with Gasteiger partial charge in [0.2, 0.25) is 0 Å². The summed E-state index contributed by atoms with van der Waals surface area (Å²) in [5.41, 5.74) is 0. The van der Waals surface area contributed by atoms with Gasteiger partial charge in [-0.1, -0.05) is 90.9 Å². The Bertz CT molecular complexity index is 468. The molecule has 0 aliphatic rings. The van der Waals surface area contributed by atoms with Crippen molar-refractivity contribution in [3.05, 3.63) is 0 Å². The van der Waals surface area contributed by atoms with Crippen LogP contribution in [0.2, 0.25) is 0 Å². The van der Waals surface area contributed by atoms with Crippen LogP contribution in [0.5, 0.6) is 0 Å². The topological polar surface area (TPSA) is 86.7 Å². The van der Waals surface area contributed by atoms with Crippen LogP contribution in [0.4, 0.5) is 0 Å². The zero-order chi connectivity index (χ0) is 23.9.